The van der Waals surface area contributed by atoms with Crippen LogP contribution in [-0.4, -0.2) is 92.5 Å². The lowest BCUT2D eigenvalue weighted by Gasteiger charge is -2.43. The van der Waals surface area contributed by atoms with Gasteiger partial charge in [-0.15, -0.1) is 0 Å². The van der Waals surface area contributed by atoms with E-state index in [1.165, 1.54) is 6.42 Å². The summed E-state index contributed by atoms with van der Waals surface area (Å²) in [6.07, 6.45) is 2.82. The topological polar surface area (TPSA) is 119 Å². The van der Waals surface area contributed by atoms with Gasteiger partial charge in [-0.25, -0.2) is 15.1 Å². The summed E-state index contributed by atoms with van der Waals surface area (Å²) in [6, 6.07) is 0. The summed E-state index contributed by atoms with van der Waals surface area (Å²) in [6.45, 7) is 4.36. The van der Waals surface area contributed by atoms with Gasteiger partial charge >= 0.3 is 6.18 Å². The molecule has 3 fully saturated rings. The molecule has 2 aromatic rings. The van der Waals surface area contributed by atoms with Crippen LogP contribution in [0.3, 0.4) is 0 Å². The summed E-state index contributed by atoms with van der Waals surface area (Å²) in [7, 11) is 0. The highest BCUT2D eigenvalue weighted by Crippen LogP contribution is 2.30. The van der Waals surface area contributed by atoms with Gasteiger partial charge in [-0.3, -0.25) is 19.3 Å². The van der Waals surface area contributed by atoms with Crippen LogP contribution in [0.1, 0.15) is 54.5 Å². The van der Waals surface area contributed by atoms with Crippen molar-refractivity contribution in [1.82, 2.24) is 34.9 Å². The zero-order chi connectivity index (χ0) is 29.4. The second-order valence-electron chi connectivity index (χ2n) is 11.8. The van der Waals surface area contributed by atoms with E-state index in [0.717, 1.165) is 49.3 Å². The molecule has 2 amide bonds. The van der Waals surface area contributed by atoms with Gasteiger partial charge in [0.25, 0.3) is 5.56 Å². The Morgan fingerprint density at radius 2 is 1.55 bits per heavy atom. The number of aromatic nitrogens is 4. The standard InChI is InChI=1S/C28H35F3N8O3/c29-28(30,31)20-12-32-27(33-13-20)38-10-8-37(9-11-38)26(42)19-14-36(15-19)17-23-22-16-39(7-6-21(22)24(40)35-34-23)25(41)18-4-2-1-3-5-18/h12-13,18-19H,1-11,14-17H2,(H,35,40). The zero-order valence-electron chi connectivity index (χ0n) is 23.4. The van der Waals surface area contributed by atoms with E-state index < -0.39 is 11.7 Å². The number of hydrogen-bond acceptors (Lipinski definition) is 8. The number of aromatic amines is 1. The van der Waals surface area contributed by atoms with Crippen molar-refractivity contribution in [1.29, 1.82) is 0 Å². The molecule has 6 rings (SSSR count). The molecule has 226 valence electrons. The van der Waals surface area contributed by atoms with Crippen molar-refractivity contribution >= 4 is 17.8 Å². The van der Waals surface area contributed by atoms with Crippen molar-refractivity contribution in [3.05, 3.63) is 45.1 Å². The van der Waals surface area contributed by atoms with Gasteiger partial charge in [0.2, 0.25) is 17.8 Å². The van der Waals surface area contributed by atoms with Gasteiger partial charge in [0.05, 0.1) is 17.2 Å². The minimum atomic E-state index is -4.48. The van der Waals surface area contributed by atoms with Crippen LogP contribution in [-0.2, 0) is 35.3 Å². The van der Waals surface area contributed by atoms with Crippen LogP contribution in [0.4, 0.5) is 19.1 Å². The molecule has 1 N–H and O–H groups in total. The van der Waals surface area contributed by atoms with Gasteiger partial charge < -0.3 is 14.7 Å². The van der Waals surface area contributed by atoms with E-state index in [4.69, 9.17) is 0 Å². The molecule has 1 aliphatic carbocycles. The van der Waals surface area contributed by atoms with Gasteiger partial charge in [-0.05, 0) is 19.3 Å². The largest absolute Gasteiger partial charge is 0.419 e. The summed E-state index contributed by atoms with van der Waals surface area (Å²) in [5.74, 6) is 0.388. The smallest absolute Gasteiger partial charge is 0.339 e. The molecule has 11 nitrogen and oxygen atoms in total. The minimum absolute atomic E-state index is 0.0555. The molecule has 4 aliphatic rings. The van der Waals surface area contributed by atoms with Crippen LogP contribution < -0.4 is 10.5 Å². The summed E-state index contributed by atoms with van der Waals surface area (Å²) < 4.78 is 38.4. The van der Waals surface area contributed by atoms with E-state index in [9.17, 15) is 27.6 Å². The first-order chi connectivity index (χ1) is 20.2. The molecule has 1 saturated carbocycles. The Kier molecular flexibility index (Phi) is 7.90. The summed E-state index contributed by atoms with van der Waals surface area (Å²) in [5, 5.41) is 6.96. The molecule has 2 saturated heterocycles. The van der Waals surface area contributed by atoms with E-state index >= 15 is 0 Å². The number of H-pyrrole nitrogens is 1. The van der Waals surface area contributed by atoms with Crippen LogP contribution >= 0.6 is 0 Å². The third kappa shape index (κ3) is 5.86. The van der Waals surface area contributed by atoms with Gasteiger partial charge in [-0.1, -0.05) is 19.3 Å². The predicted octanol–water partition coefficient (Wildman–Crippen LogP) is 1.82. The second kappa shape index (κ2) is 11.6. The Morgan fingerprint density at radius 3 is 2.21 bits per heavy atom. The minimum Gasteiger partial charge on any atom is -0.339 e. The summed E-state index contributed by atoms with van der Waals surface area (Å²) in [4.78, 5) is 54.1. The van der Waals surface area contributed by atoms with Crippen LogP contribution in [0.15, 0.2) is 17.2 Å². The van der Waals surface area contributed by atoms with Crippen molar-refractivity contribution in [2.45, 2.75) is 57.8 Å². The number of nitrogens with zero attached hydrogens (tertiary/aromatic N) is 7. The number of nitrogens with one attached hydrogen (secondary N) is 1. The van der Waals surface area contributed by atoms with Gasteiger partial charge in [0.15, 0.2) is 0 Å². The first-order valence-electron chi connectivity index (χ1n) is 14.7. The van der Waals surface area contributed by atoms with E-state index in [1.807, 2.05) is 4.90 Å². The molecule has 14 heteroatoms. The Bertz CT molecular complexity index is 1360. The molecular weight excluding hydrogens is 553 g/mol. The third-order valence-electron chi connectivity index (χ3n) is 9.05. The maximum Gasteiger partial charge on any atom is 0.419 e. The average Bonchev–Trinajstić information content (AvgIpc) is 2.99. The number of carbonyl (C=O) groups excluding carboxylic acids is 2. The number of fused-ring (bicyclic) bond motifs is 1. The third-order valence-corrected chi connectivity index (χ3v) is 9.05. The van der Waals surface area contributed by atoms with Crippen molar-refractivity contribution in [2.75, 3.05) is 50.7 Å². The number of likely N-dealkylation sites (tertiary alicyclic amines) is 1. The zero-order valence-corrected chi connectivity index (χ0v) is 23.4. The van der Waals surface area contributed by atoms with E-state index in [-0.39, 0.29) is 35.2 Å². The molecule has 0 atom stereocenters. The molecule has 0 spiro atoms. The first kappa shape index (κ1) is 28.6. The molecule has 0 aromatic carbocycles. The number of alkyl halides is 3. The van der Waals surface area contributed by atoms with Crippen molar-refractivity contribution in [2.24, 2.45) is 11.8 Å². The molecule has 5 heterocycles. The van der Waals surface area contributed by atoms with Crippen molar-refractivity contribution in [3.63, 3.8) is 0 Å². The molecular formula is C28H35F3N8O3. The average molecular weight is 589 g/mol. The van der Waals surface area contributed by atoms with Crippen LogP contribution in [0, 0.1) is 11.8 Å². The summed E-state index contributed by atoms with van der Waals surface area (Å²) in [5.41, 5.74) is 1.21. The molecule has 3 aliphatic heterocycles. The van der Waals surface area contributed by atoms with Gasteiger partial charge in [0.1, 0.15) is 0 Å². The number of anilines is 1. The number of halogens is 3. The normalized spacial score (nSPS) is 20.8. The highest BCUT2D eigenvalue weighted by atomic mass is 19.4. The van der Waals surface area contributed by atoms with Crippen LogP contribution in [0.25, 0.3) is 0 Å². The Labute approximate surface area is 241 Å². The highest BCUT2D eigenvalue weighted by Gasteiger charge is 2.38. The Hall–Kier alpha value is -3.55. The molecule has 0 unspecified atom stereocenters. The number of hydrogen-bond donors (Lipinski definition) is 1. The quantitative estimate of drug-likeness (QED) is 0.562. The maximum atomic E-state index is 13.2. The lowest BCUT2D eigenvalue weighted by molar-refractivity contribution is -0.142. The predicted molar refractivity (Wildman–Crippen MR) is 145 cm³/mol. The van der Waals surface area contributed by atoms with Crippen LogP contribution in [0.2, 0.25) is 0 Å². The van der Waals surface area contributed by atoms with Crippen molar-refractivity contribution < 1.29 is 22.8 Å². The number of piperazine rings is 1. The van der Waals surface area contributed by atoms with E-state index in [2.05, 4.69) is 25.1 Å². The first-order valence-corrected chi connectivity index (χ1v) is 14.7. The fourth-order valence-corrected chi connectivity index (χ4v) is 6.54. The summed E-state index contributed by atoms with van der Waals surface area (Å²) >= 11 is 0. The fraction of sp³-hybridized carbons (Fsp3) is 0.643. The monoisotopic (exact) mass is 588 g/mol. The Balaban J connectivity index is 1.01. The van der Waals surface area contributed by atoms with Gasteiger partial charge in [-0.2, -0.15) is 18.3 Å². The van der Waals surface area contributed by atoms with Crippen molar-refractivity contribution in [3.8, 4) is 0 Å². The van der Waals surface area contributed by atoms with Crippen LogP contribution in [0.5, 0.6) is 0 Å². The molecule has 0 radical (unpaired) electrons. The maximum absolute atomic E-state index is 13.2. The Morgan fingerprint density at radius 1 is 0.881 bits per heavy atom. The van der Waals surface area contributed by atoms with E-state index in [0.29, 0.717) is 70.9 Å². The second-order valence-corrected chi connectivity index (χ2v) is 11.8. The molecule has 42 heavy (non-hydrogen) atoms. The SMILES string of the molecule is O=C(C1CN(Cc2n[nH]c(=O)c3c2CN(C(=O)C2CCCCC2)CC3)C1)N1CCN(c2ncc(C(F)(F)F)cn2)CC1. The molecule has 2 aromatic heterocycles. The number of amides is 2. The van der Waals surface area contributed by atoms with E-state index in [1.54, 1.807) is 9.80 Å². The lowest BCUT2D eigenvalue weighted by Crippen LogP contribution is -2.57. The fourth-order valence-electron chi connectivity index (χ4n) is 6.54. The molecule has 0 bridgehead atoms. The lowest BCUT2D eigenvalue weighted by atomic mass is 9.87. The highest BCUT2D eigenvalue weighted by molar-refractivity contribution is 5.80. The van der Waals surface area contributed by atoms with Gasteiger partial charge in [0, 0.05) is 88.3 Å². The number of rotatable bonds is 5. The number of carbonyl (C=O) groups is 2.